The summed E-state index contributed by atoms with van der Waals surface area (Å²) < 4.78 is 56.4. The zero-order valence-electron chi connectivity index (χ0n) is 18.2. The van der Waals surface area contributed by atoms with Gasteiger partial charge in [0.25, 0.3) is 0 Å². The van der Waals surface area contributed by atoms with Crippen molar-refractivity contribution in [3.05, 3.63) is 35.1 Å². The van der Waals surface area contributed by atoms with Gasteiger partial charge in [0, 0.05) is 0 Å². The van der Waals surface area contributed by atoms with E-state index in [-0.39, 0.29) is 6.61 Å². The molecule has 0 saturated carbocycles. The molecule has 0 radical (unpaired) electrons. The second-order valence-corrected chi connectivity index (χ2v) is 7.96. The summed E-state index contributed by atoms with van der Waals surface area (Å²) in [4.78, 5) is 11.9. The third-order valence-corrected chi connectivity index (χ3v) is 5.19. The van der Waals surface area contributed by atoms with Crippen LogP contribution in [0.2, 0.25) is 0 Å². The van der Waals surface area contributed by atoms with Gasteiger partial charge in [-0.3, -0.25) is 0 Å². The zero-order chi connectivity index (χ0) is 22.2. The van der Waals surface area contributed by atoms with E-state index in [0.29, 0.717) is 18.6 Å². The van der Waals surface area contributed by atoms with E-state index >= 15 is 0 Å². The van der Waals surface area contributed by atoms with Gasteiger partial charge in [0.1, 0.15) is 5.82 Å². The number of ether oxygens (including phenoxy) is 1. The van der Waals surface area contributed by atoms with Crippen LogP contribution in [0.25, 0.3) is 0 Å². The van der Waals surface area contributed by atoms with Gasteiger partial charge in [-0.1, -0.05) is 90.4 Å². The molecule has 0 aliphatic carbocycles. The molecule has 6 heteroatoms. The summed E-state index contributed by atoms with van der Waals surface area (Å²) in [5, 5.41) is 0. The number of hydrogen-bond donors (Lipinski definition) is 0. The highest BCUT2D eigenvalue weighted by molar-refractivity contribution is 5.89. The molecule has 0 fully saturated rings. The fourth-order valence-electron chi connectivity index (χ4n) is 3.42. The van der Waals surface area contributed by atoms with Crippen LogP contribution in [-0.4, -0.2) is 12.6 Å². The van der Waals surface area contributed by atoms with Gasteiger partial charge >= 0.3 is 12.1 Å². The van der Waals surface area contributed by atoms with E-state index in [0.717, 1.165) is 25.3 Å². The fourth-order valence-corrected chi connectivity index (χ4v) is 3.42. The molecule has 0 aromatic heterocycles. The highest BCUT2D eigenvalue weighted by atomic mass is 19.4. The Kier molecular flexibility index (Phi) is 13.4. The van der Waals surface area contributed by atoms with Crippen molar-refractivity contribution < 1.29 is 27.1 Å². The van der Waals surface area contributed by atoms with Gasteiger partial charge in [-0.2, -0.15) is 13.2 Å². The molecule has 30 heavy (non-hydrogen) atoms. The Bertz CT molecular complexity index is 599. The Balaban J connectivity index is 2.03. The average molecular weight is 433 g/mol. The van der Waals surface area contributed by atoms with Crippen LogP contribution in [0.4, 0.5) is 17.6 Å². The lowest BCUT2D eigenvalue weighted by atomic mass is 10.0. The summed E-state index contributed by atoms with van der Waals surface area (Å²) in [6, 6.07) is 1.75. The van der Waals surface area contributed by atoms with Crippen LogP contribution >= 0.6 is 0 Å². The molecule has 0 bridgehead atoms. The molecule has 0 atom stereocenters. The van der Waals surface area contributed by atoms with Crippen LogP contribution in [-0.2, 0) is 10.9 Å². The summed E-state index contributed by atoms with van der Waals surface area (Å²) in [5.41, 5.74) is -1.60. The molecule has 0 unspecified atom stereocenters. The van der Waals surface area contributed by atoms with E-state index in [2.05, 4.69) is 6.92 Å². The van der Waals surface area contributed by atoms with Crippen LogP contribution in [0, 0.1) is 5.82 Å². The normalized spacial score (nSPS) is 11.6. The fraction of sp³-hybridized carbons (Fsp3) is 0.708. The summed E-state index contributed by atoms with van der Waals surface area (Å²) >= 11 is 0. The molecule has 0 spiro atoms. The molecule has 0 aliphatic heterocycles. The maximum atomic E-state index is 13.3. The number of hydrogen-bond acceptors (Lipinski definition) is 2. The molecule has 1 rings (SSSR count). The topological polar surface area (TPSA) is 26.3 Å². The van der Waals surface area contributed by atoms with E-state index in [1.165, 1.54) is 64.2 Å². The van der Waals surface area contributed by atoms with Gasteiger partial charge < -0.3 is 4.74 Å². The standard InChI is InChI=1S/C24H36F4O2/c1-2-3-4-5-6-7-8-9-10-11-12-13-14-15-16-30-23(29)20-17-21(24(26,27)28)19-22(25)18-20/h17-19H,2-16H2,1H3. The van der Waals surface area contributed by atoms with Gasteiger partial charge in [-0.15, -0.1) is 0 Å². The lowest BCUT2D eigenvalue weighted by Gasteiger charge is -2.09. The van der Waals surface area contributed by atoms with Crippen molar-refractivity contribution in [2.45, 2.75) is 103 Å². The van der Waals surface area contributed by atoms with Crippen LogP contribution in [0.5, 0.6) is 0 Å². The lowest BCUT2D eigenvalue weighted by Crippen LogP contribution is -2.11. The van der Waals surface area contributed by atoms with Gasteiger partial charge in [-0.05, 0) is 24.6 Å². The summed E-state index contributed by atoms with van der Waals surface area (Å²) in [6.07, 6.45) is 12.2. The van der Waals surface area contributed by atoms with Gasteiger partial charge in [-0.25, -0.2) is 9.18 Å². The molecule has 0 heterocycles. The number of carbonyl (C=O) groups excluding carboxylic acids is 1. The van der Waals surface area contributed by atoms with Crippen LogP contribution < -0.4 is 0 Å². The van der Waals surface area contributed by atoms with Crippen molar-refractivity contribution in [2.75, 3.05) is 6.61 Å². The molecular formula is C24H36F4O2. The Hall–Kier alpha value is -1.59. The first-order valence-electron chi connectivity index (χ1n) is 11.4. The first kappa shape index (κ1) is 26.4. The van der Waals surface area contributed by atoms with Crippen LogP contribution in [0.3, 0.4) is 0 Å². The first-order chi connectivity index (χ1) is 14.3. The molecule has 172 valence electrons. The number of halogens is 4. The quantitative estimate of drug-likeness (QED) is 0.149. The second-order valence-electron chi connectivity index (χ2n) is 7.96. The van der Waals surface area contributed by atoms with E-state index in [1.807, 2.05) is 0 Å². The van der Waals surface area contributed by atoms with Crippen LogP contribution in [0.15, 0.2) is 18.2 Å². The minimum absolute atomic E-state index is 0.134. The number of alkyl halides is 3. The van der Waals surface area contributed by atoms with Crippen molar-refractivity contribution in [3.63, 3.8) is 0 Å². The van der Waals surface area contributed by atoms with E-state index in [9.17, 15) is 22.4 Å². The predicted molar refractivity (Wildman–Crippen MR) is 112 cm³/mol. The van der Waals surface area contributed by atoms with Crippen molar-refractivity contribution in [3.8, 4) is 0 Å². The average Bonchev–Trinajstić information content (AvgIpc) is 2.69. The smallest absolute Gasteiger partial charge is 0.416 e. The highest BCUT2D eigenvalue weighted by Crippen LogP contribution is 2.30. The predicted octanol–water partition coefficient (Wildman–Crippen LogP) is 8.48. The maximum Gasteiger partial charge on any atom is 0.416 e. The first-order valence-corrected chi connectivity index (χ1v) is 11.4. The zero-order valence-corrected chi connectivity index (χ0v) is 18.2. The van der Waals surface area contributed by atoms with Crippen molar-refractivity contribution in [2.24, 2.45) is 0 Å². The lowest BCUT2D eigenvalue weighted by molar-refractivity contribution is -0.137. The maximum absolute atomic E-state index is 13.3. The largest absolute Gasteiger partial charge is 0.462 e. The monoisotopic (exact) mass is 432 g/mol. The van der Waals surface area contributed by atoms with Crippen molar-refractivity contribution >= 4 is 5.97 Å². The Morgan fingerprint density at radius 2 is 1.23 bits per heavy atom. The summed E-state index contributed by atoms with van der Waals surface area (Å²) in [6.45, 7) is 2.37. The van der Waals surface area contributed by atoms with Gasteiger partial charge in [0.2, 0.25) is 0 Å². The van der Waals surface area contributed by atoms with E-state index < -0.39 is 29.1 Å². The number of rotatable bonds is 16. The Morgan fingerprint density at radius 1 is 0.767 bits per heavy atom. The van der Waals surface area contributed by atoms with E-state index in [4.69, 9.17) is 4.74 Å². The molecule has 0 N–H and O–H groups in total. The SMILES string of the molecule is CCCCCCCCCCCCCCCCOC(=O)c1cc(F)cc(C(F)(F)F)c1. The van der Waals surface area contributed by atoms with Gasteiger partial charge in [0.05, 0.1) is 17.7 Å². The minimum atomic E-state index is -4.70. The van der Waals surface area contributed by atoms with Gasteiger partial charge in [0.15, 0.2) is 0 Å². The third-order valence-electron chi connectivity index (χ3n) is 5.19. The van der Waals surface area contributed by atoms with Crippen molar-refractivity contribution in [1.82, 2.24) is 0 Å². The third kappa shape index (κ3) is 12.2. The van der Waals surface area contributed by atoms with Crippen molar-refractivity contribution in [1.29, 1.82) is 0 Å². The Labute approximate surface area is 178 Å². The molecule has 2 nitrogen and oxygen atoms in total. The number of benzene rings is 1. The molecule has 1 aromatic carbocycles. The number of esters is 1. The molecule has 0 amide bonds. The van der Waals surface area contributed by atoms with Crippen LogP contribution in [0.1, 0.15) is 113 Å². The summed E-state index contributed by atoms with van der Waals surface area (Å²) in [5.74, 6) is -2.03. The molecule has 0 saturated heterocycles. The summed E-state index contributed by atoms with van der Waals surface area (Å²) in [7, 11) is 0. The number of carbonyl (C=O) groups is 1. The van der Waals surface area contributed by atoms with E-state index in [1.54, 1.807) is 0 Å². The number of unbranched alkanes of at least 4 members (excludes halogenated alkanes) is 13. The Morgan fingerprint density at radius 3 is 1.70 bits per heavy atom. The second kappa shape index (κ2) is 15.2. The minimum Gasteiger partial charge on any atom is -0.462 e. The molecule has 0 aliphatic rings. The molecule has 1 aromatic rings. The molecular weight excluding hydrogens is 396 g/mol. The highest BCUT2D eigenvalue weighted by Gasteiger charge is 2.32.